The molecule has 3 rings (SSSR count). The van der Waals surface area contributed by atoms with E-state index < -0.39 is 18.1 Å². The summed E-state index contributed by atoms with van der Waals surface area (Å²) in [4.78, 5) is 27.7. The number of aliphatic carboxylic acids is 1. The number of carbonyl (C=O) groups is 2. The Hall–Kier alpha value is -3.41. The zero-order chi connectivity index (χ0) is 18.4. The Kier molecular flexibility index (Phi) is 5.43. The monoisotopic (exact) mass is 350 g/mol. The standard InChI is InChI=1S/C20H18N2O4/c23-19(24)18(22-20(25)26-13-14-5-2-1-3-6-14)12-15-8-9-16-7-4-10-21-17(16)11-15/h1-11,18H,12-13H2,(H,22,25)(H,23,24)/t18-/m1/s1. The highest BCUT2D eigenvalue weighted by atomic mass is 16.5. The Balaban J connectivity index is 1.62. The van der Waals surface area contributed by atoms with Crippen LogP contribution in [0, 0.1) is 0 Å². The number of benzene rings is 2. The lowest BCUT2D eigenvalue weighted by Gasteiger charge is -2.15. The van der Waals surface area contributed by atoms with Crippen LogP contribution in [-0.4, -0.2) is 28.2 Å². The minimum absolute atomic E-state index is 0.0822. The molecule has 132 valence electrons. The summed E-state index contributed by atoms with van der Waals surface area (Å²) in [6.45, 7) is 0.0822. The normalized spacial score (nSPS) is 11.7. The molecule has 0 saturated carbocycles. The van der Waals surface area contributed by atoms with E-state index in [-0.39, 0.29) is 13.0 Å². The number of nitrogens with one attached hydrogen (secondary N) is 1. The molecule has 3 aromatic rings. The number of rotatable bonds is 6. The predicted molar refractivity (Wildman–Crippen MR) is 96.6 cm³/mol. The van der Waals surface area contributed by atoms with Gasteiger partial charge >= 0.3 is 12.1 Å². The van der Waals surface area contributed by atoms with Crippen LogP contribution in [0.25, 0.3) is 10.9 Å². The van der Waals surface area contributed by atoms with Crippen LogP contribution in [0.2, 0.25) is 0 Å². The van der Waals surface area contributed by atoms with Gasteiger partial charge in [-0.25, -0.2) is 9.59 Å². The number of hydrogen-bond acceptors (Lipinski definition) is 4. The van der Waals surface area contributed by atoms with Gasteiger partial charge in [-0.2, -0.15) is 0 Å². The van der Waals surface area contributed by atoms with Crippen LogP contribution in [0.3, 0.4) is 0 Å². The molecule has 0 fully saturated rings. The second-order valence-corrected chi connectivity index (χ2v) is 5.83. The van der Waals surface area contributed by atoms with Crippen LogP contribution in [0.4, 0.5) is 4.79 Å². The number of hydrogen-bond donors (Lipinski definition) is 2. The summed E-state index contributed by atoms with van der Waals surface area (Å²) in [5, 5.41) is 12.8. The number of aromatic nitrogens is 1. The minimum Gasteiger partial charge on any atom is -0.480 e. The molecule has 0 aliphatic heterocycles. The summed E-state index contributed by atoms with van der Waals surface area (Å²) in [6.07, 6.45) is 1.06. The third-order valence-corrected chi connectivity index (χ3v) is 3.91. The topological polar surface area (TPSA) is 88.5 Å². The number of fused-ring (bicyclic) bond motifs is 1. The van der Waals surface area contributed by atoms with Crippen molar-refractivity contribution in [3.63, 3.8) is 0 Å². The molecule has 2 N–H and O–H groups in total. The van der Waals surface area contributed by atoms with Gasteiger partial charge in [0.2, 0.25) is 0 Å². The first kappa shape index (κ1) is 17.4. The molecule has 6 heteroatoms. The fourth-order valence-corrected chi connectivity index (χ4v) is 2.58. The van der Waals surface area contributed by atoms with E-state index in [0.717, 1.165) is 22.0 Å². The lowest BCUT2D eigenvalue weighted by molar-refractivity contribution is -0.139. The number of ether oxygens (including phenoxy) is 1. The average molecular weight is 350 g/mol. The van der Waals surface area contributed by atoms with Crippen molar-refractivity contribution in [2.24, 2.45) is 0 Å². The zero-order valence-corrected chi connectivity index (χ0v) is 14.0. The molecule has 0 radical (unpaired) electrons. The fraction of sp³-hybridized carbons (Fsp3) is 0.150. The maximum Gasteiger partial charge on any atom is 0.408 e. The number of carbonyl (C=O) groups excluding carboxylic acids is 1. The van der Waals surface area contributed by atoms with Gasteiger partial charge in [0.15, 0.2) is 0 Å². The lowest BCUT2D eigenvalue weighted by atomic mass is 10.0. The van der Waals surface area contributed by atoms with Crippen molar-refractivity contribution in [3.05, 3.63) is 78.0 Å². The zero-order valence-electron chi connectivity index (χ0n) is 14.0. The highest BCUT2D eigenvalue weighted by Gasteiger charge is 2.21. The second kappa shape index (κ2) is 8.11. The van der Waals surface area contributed by atoms with Gasteiger partial charge in [-0.3, -0.25) is 4.98 Å². The molecule has 0 aliphatic rings. The van der Waals surface area contributed by atoms with Gasteiger partial charge in [0.05, 0.1) is 5.52 Å². The van der Waals surface area contributed by atoms with E-state index in [2.05, 4.69) is 10.3 Å². The van der Waals surface area contributed by atoms with Crippen molar-refractivity contribution < 1.29 is 19.4 Å². The Morgan fingerprint density at radius 3 is 2.62 bits per heavy atom. The van der Waals surface area contributed by atoms with E-state index in [4.69, 9.17) is 4.74 Å². The van der Waals surface area contributed by atoms with Gasteiger partial charge in [-0.15, -0.1) is 0 Å². The molecule has 1 heterocycles. The summed E-state index contributed by atoms with van der Waals surface area (Å²) in [5.74, 6) is -1.12. The highest BCUT2D eigenvalue weighted by molar-refractivity contribution is 5.81. The van der Waals surface area contributed by atoms with Crippen molar-refractivity contribution in [1.29, 1.82) is 0 Å². The third-order valence-electron chi connectivity index (χ3n) is 3.91. The van der Waals surface area contributed by atoms with Crippen molar-refractivity contribution in [2.45, 2.75) is 19.1 Å². The van der Waals surface area contributed by atoms with E-state index in [1.54, 1.807) is 6.20 Å². The maximum atomic E-state index is 11.9. The minimum atomic E-state index is -1.12. The van der Waals surface area contributed by atoms with Crippen LogP contribution in [0.15, 0.2) is 66.9 Å². The maximum absolute atomic E-state index is 11.9. The van der Waals surface area contributed by atoms with Crippen LogP contribution >= 0.6 is 0 Å². The van der Waals surface area contributed by atoms with E-state index in [1.807, 2.05) is 60.7 Å². The number of pyridine rings is 1. The number of alkyl carbamates (subject to hydrolysis) is 1. The van der Waals surface area contributed by atoms with Gasteiger partial charge in [-0.05, 0) is 23.3 Å². The first-order chi connectivity index (χ1) is 12.6. The molecule has 1 atom stereocenters. The number of nitrogens with zero attached hydrogens (tertiary/aromatic N) is 1. The van der Waals surface area contributed by atoms with Gasteiger partial charge in [0, 0.05) is 18.0 Å². The Morgan fingerprint density at radius 2 is 1.85 bits per heavy atom. The Morgan fingerprint density at radius 1 is 1.04 bits per heavy atom. The van der Waals surface area contributed by atoms with Gasteiger partial charge in [0.1, 0.15) is 12.6 Å². The predicted octanol–water partition coefficient (Wildman–Crippen LogP) is 3.16. The van der Waals surface area contributed by atoms with Crippen LogP contribution in [-0.2, 0) is 22.6 Å². The Bertz CT molecular complexity index is 912. The van der Waals surface area contributed by atoms with Crippen LogP contribution in [0.1, 0.15) is 11.1 Å². The summed E-state index contributed by atoms with van der Waals surface area (Å²) in [7, 11) is 0. The van der Waals surface area contributed by atoms with Crippen LogP contribution < -0.4 is 5.32 Å². The van der Waals surface area contributed by atoms with Gasteiger partial charge in [-0.1, -0.05) is 48.5 Å². The SMILES string of the molecule is O=C(N[C@H](Cc1ccc2cccnc2c1)C(=O)O)OCc1ccccc1. The van der Waals surface area contributed by atoms with Crippen molar-refractivity contribution in [3.8, 4) is 0 Å². The quantitative estimate of drug-likeness (QED) is 0.713. The molecule has 0 bridgehead atoms. The molecular formula is C20H18N2O4. The van der Waals surface area contributed by atoms with Crippen molar-refractivity contribution in [2.75, 3.05) is 0 Å². The lowest BCUT2D eigenvalue weighted by Crippen LogP contribution is -2.42. The molecule has 0 spiro atoms. The average Bonchev–Trinajstić information content (AvgIpc) is 2.66. The van der Waals surface area contributed by atoms with Crippen molar-refractivity contribution in [1.82, 2.24) is 10.3 Å². The molecule has 1 amide bonds. The van der Waals surface area contributed by atoms with E-state index >= 15 is 0 Å². The van der Waals surface area contributed by atoms with E-state index in [0.29, 0.717) is 0 Å². The third kappa shape index (κ3) is 4.57. The molecule has 6 nitrogen and oxygen atoms in total. The number of amides is 1. The molecule has 0 unspecified atom stereocenters. The fourth-order valence-electron chi connectivity index (χ4n) is 2.58. The summed E-state index contributed by atoms with van der Waals surface area (Å²) in [6, 6.07) is 17.4. The number of carboxylic acid groups (broad SMARTS) is 1. The molecular weight excluding hydrogens is 332 g/mol. The Labute approximate surface area is 150 Å². The van der Waals surface area contributed by atoms with Gasteiger partial charge < -0.3 is 15.2 Å². The van der Waals surface area contributed by atoms with E-state index in [1.165, 1.54) is 0 Å². The van der Waals surface area contributed by atoms with Gasteiger partial charge in [0.25, 0.3) is 0 Å². The largest absolute Gasteiger partial charge is 0.480 e. The summed E-state index contributed by atoms with van der Waals surface area (Å²) < 4.78 is 5.09. The van der Waals surface area contributed by atoms with Crippen LogP contribution in [0.5, 0.6) is 0 Å². The van der Waals surface area contributed by atoms with E-state index in [9.17, 15) is 14.7 Å². The molecule has 26 heavy (non-hydrogen) atoms. The van der Waals surface area contributed by atoms with Crippen molar-refractivity contribution >= 4 is 23.0 Å². The summed E-state index contributed by atoms with van der Waals surface area (Å²) in [5.41, 5.74) is 2.38. The molecule has 0 aliphatic carbocycles. The molecule has 1 aromatic heterocycles. The molecule has 2 aromatic carbocycles. The molecule has 0 saturated heterocycles. The number of carboxylic acids is 1. The summed E-state index contributed by atoms with van der Waals surface area (Å²) >= 11 is 0. The first-order valence-electron chi connectivity index (χ1n) is 8.15. The second-order valence-electron chi connectivity index (χ2n) is 5.83. The first-order valence-corrected chi connectivity index (χ1v) is 8.15. The highest BCUT2D eigenvalue weighted by Crippen LogP contribution is 2.14. The smallest absolute Gasteiger partial charge is 0.408 e.